The Kier molecular flexibility index (Phi) is 3.61. The van der Waals surface area contributed by atoms with Crippen molar-refractivity contribution in [3.05, 3.63) is 29.8 Å². The van der Waals surface area contributed by atoms with Crippen LogP contribution >= 0.6 is 0 Å². The first-order chi connectivity index (χ1) is 10.1. The van der Waals surface area contributed by atoms with E-state index in [1.807, 2.05) is 13.2 Å². The fourth-order valence-electron chi connectivity index (χ4n) is 2.40. The molecule has 2 aromatic rings. The summed E-state index contributed by atoms with van der Waals surface area (Å²) in [6.07, 6.45) is 4.22. The average Bonchev–Trinajstić information content (AvgIpc) is 3.12. The largest absolute Gasteiger partial charge is 0.371 e. The molecular weight excluding hydrogens is 274 g/mol. The predicted octanol–water partition coefficient (Wildman–Crippen LogP) is 1.37. The normalized spacial score (nSPS) is 21.4. The van der Waals surface area contributed by atoms with Gasteiger partial charge in [0.05, 0.1) is 12.2 Å². The molecule has 1 fully saturated rings. The minimum Gasteiger partial charge on any atom is -0.371 e. The molecule has 1 aliphatic heterocycles. The Labute approximate surface area is 121 Å². The van der Waals surface area contributed by atoms with E-state index >= 15 is 0 Å². The van der Waals surface area contributed by atoms with E-state index in [1.54, 1.807) is 23.9 Å². The van der Waals surface area contributed by atoms with Gasteiger partial charge >= 0.3 is 6.03 Å². The highest BCUT2D eigenvalue weighted by Gasteiger charge is 2.31. The molecule has 0 unspecified atom stereocenters. The first-order valence-corrected chi connectivity index (χ1v) is 6.73. The maximum Gasteiger partial charge on any atom is 0.320 e. The van der Waals surface area contributed by atoms with Crippen LogP contribution in [0.15, 0.2) is 23.0 Å². The zero-order chi connectivity index (χ0) is 14.8. The molecule has 3 heterocycles. The molecule has 1 aliphatic rings. The van der Waals surface area contributed by atoms with E-state index in [0.29, 0.717) is 18.2 Å². The molecule has 2 aromatic heterocycles. The fourth-order valence-corrected chi connectivity index (χ4v) is 2.40. The summed E-state index contributed by atoms with van der Waals surface area (Å²) in [4.78, 5) is 12.0. The van der Waals surface area contributed by atoms with Crippen molar-refractivity contribution in [2.45, 2.75) is 25.5 Å². The van der Waals surface area contributed by atoms with Crippen LogP contribution in [0.1, 0.15) is 23.8 Å². The van der Waals surface area contributed by atoms with Crippen molar-refractivity contribution in [3.63, 3.8) is 0 Å². The van der Waals surface area contributed by atoms with Crippen LogP contribution in [-0.4, -0.2) is 33.6 Å². The van der Waals surface area contributed by atoms with Gasteiger partial charge in [0.2, 0.25) is 0 Å². The summed E-state index contributed by atoms with van der Waals surface area (Å²) < 4.78 is 12.3. The number of carbonyl (C=O) groups is 1. The Morgan fingerprint density at radius 3 is 3.05 bits per heavy atom. The van der Waals surface area contributed by atoms with Crippen LogP contribution in [-0.2, 0) is 11.8 Å². The number of aryl methyl sites for hydroxylation is 2. The smallest absolute Gasteiger partial charge is 0.320 e. The first kappa shape index (κ1) is 13.6. The second-order valence-electron chi connectivity index (χ2n) is 5.06. The molecule has 1 saturated heterocycles. The minimum absolute atomic E-state index is 0.0952. The molecule has 0 bridgehead atoms. The number of ether oxygens (including phenoxy) is 1. The first-order valence-electron chi connectivity index (χ1n) is 6.73. The summed E-state index contributed by atoms with van der Waals surface area (Å²) in [7, 11) is 1.85. The molecule has 21 heavy (non-hydrogen) atoms. The van der Waals surface area contributed by atoms with Crippen LogP contribution in [0.2, 0.25) is 0 Å². The molecule has 2 amide bonds. The lowest BCUT2D eigenvalue weighted by molar-refractivity contribution is 0.100. The van der Waals surface area contributed by atoms with Gasteiger partial charge in [-0.15, -0.1) is 0 Å². The lowest BCUT2D eigenvalue weighted by atomic mass is 10.1. The van der Waals surface area contributed by atoms with Crippen molar-refractivity contribution >= 4 is 11.8 Å². The van der Waals surface area contributed by atoms with E-state index in [-0.39, 0.29) is 18.2 Å². The lowest BCUT2D eigenvalue weighted by Crippen LogP contribution is -2.39. The Morgan fingerprint density at radius 1 is 1.52 bits per heavy atom. The molecular formula is C13H17N5O3. The van der Waals surface area contributed by atoms with Crippen molar-refractivity contribution in [1.29, 1.82) is 0 Å². The molecule has 0 saturated carbocycles. The molecule has 2 N–H and O–H groups in total. The summed E-state index contributed by atoms with van der Waals surface area (Å²) in [5, 5.41) is 13.4. The van der Waals surface area contributed by atoms with E-state index in [9.17, 15) is 4.79 Å². The summed E-state index contributed by atoms with van der Waals surface area (Å²) in [5.41, 5.74) is 0.956. The third-order valence-corrected chi connectivity index (χ3v) is 3.33. The number of nitrogens with one attached hydrogen (secondary N) is 2. The third kappa shape index (κ3) is 3.05. The number of rotatable bonds is 3. The van der Waals surface area contributed by atoms with Crippen LogP contribution in [0.5, 0.6) is 0 Å². The SMILES string of the molecule is Cc1cc(NC(=O)N[C@H]2CCO[C@@H]2c2cnn(C)c2)no1. The van der Waals surface area contributed by atoms with Crippen molar-refractivity contribution < 1.29 is 14.1 Å². The van der Waals surface area contributed by atoms with Crippen LogP contribution in [0, 0.1) is 6.92 Å². The highest BCUT2D eigenvalue weighted by atomic mass is 16.5. The van der Waals surface area contributed by atoms with Crippen molar-refractivity contribution in [3.8, 4) is 0 Å². The Hall–Kier alpha value is -2.35. The fraction of sp³-hybridized carbons (Fsp3) is 0.462. The van der Waals surface area contributed by atoms with Crippen LogP contribution < -0.4 is 10.6 Å². The van der Waals surface area contributed by atoms with E-state index in [4.69, 9.17) is 9.26 Å². The van der Waals surface area contributed by atoms with E-state index < -0.39 is 0 Å². The van der Waals surface area contributed by atoms with Gasteiger partial charge in [-0.25, -0.2) is 4.79 Å². The van der Waals surface area contributed by atoms with Gasteiger partial charge in [0.1, 0.15) is 11.9 Å². The zero-order valence-corrected chi connectivity index (χ0v) is 11.9. The molecule has 0 radical (unpaired) electrons. The number of nitrogens with zero attached hydrogens (tertiary/aromatic N) is 3. The highest BCUT2D eigenvalue weighted by molar-refractivity contribution is 5.88. The standard InChI is InChI=1S/C13H17N5O3/c1-8-5-11(17-21-8)16-13(19)15-10-3-4-20-12(10)9-6-14-18(2)7-9/h5-7,10,12H,3-4H2,1-2H3,(H2,15,16,17,19)/t10-,12+/m0/s1. The predicted molar refractivity (Wildman–Crippen MR) is 73.7 cm³/mol. The number of urea groups is 1. The summed E-state index contributed by atoms with van der Waals surface area (Å²) in [5.74, 6) is 1.03. The Balaban J connectivity index is 1.62. The maximum absolute atomic E-state index is 12.0. The van der Waals surface area contributed by atoms with Gasteiger partial charge in [-0.1, -0.05) is 5.16 Å². The number of amides is 2. The second-order valence-corrected chi connectivity index (χ2v) is 5.06. The Morgan fingerprint density at radius 2 is 2.38 bits per heavy atom. The third-order valence-electron chi connectivity index (χ3n) is 3.33. The lowest BCUT2D eigenvalue weighted by Gasteiger charge is -2.18. The van der Waals surface area contributed by atoms with Crippen LogP contribution in [0.25, 0.3) is 0 Å². The summed E-state index contributed by atoms with van der Waals surface area (Å²) >= 11 is 0. The van der Waals surface area contributed by atoms with Gasteiger partial charge in [-0.3, -0.25) is 10.00 Å². The van der Waals surface area contributed by atoms with Gasteiger partial charge in [0.25, 0.3) is 0 Å². The highest BCUT2D eigenvalue weighted by Crippen LogP contribution is 2.28. The van der Waals surface area contributed by atoms with E-state index in [1.165, 1.54) is 0 Å². The molecule has 2 atom stereocenters. The zero-order valence-electron chi connectivity index (χ0n) is 11.9. The summed E-state index contributed by atoms with van der Waals surface area (Å²) in [6.45, 7) is 2.37. The molecule has 8 heteroatoms. The second kappa shape index (κ2) is 5.57. The quantitative estimate of drug-likeness (QED) is 0.890. The van der Waals surface area contributed by atoms with Crippen molar-refractivity contribution in [2.24, 2.45) is 7.05 Å². The maximum atomic E-state index is 12.0. The van der Waals surface area contributed by atoms with Gasteiger partial charge in [-0.2, -0.15) is 5.10 Å². The van der Waals surface area contributed by atoms with E-state index in [0.717, 1.165) is 12.0 Å². The number of hydrogen-bond donors (Lipinski definition) is 2. The number of hydrogen-bond acceptors (Lipinski definition) is 5. The summed E-state index contributed by atoms with van der Waals surface area (Å²) in [6, 6.07) is 1.23. The van der Waals surface area contributed by atoms with Crippen molar-refractivity contribution in [2.75, 3.05) is 11.9 Å². The minimum atomic E-state index is -0.326. The van der Waals surface area contributed by atoms with Gasteiger partial charge < -0.3 is 14.6 Å². The van der Waals surface area contributed by atoms with Gasteiger partial charge in [0, 0.05) is 31.5 Å². The molecule has 8 nitrogen and oxygen atoms in total. The Bertz CT molecular complexity index is 635. The molecule has 0 aliphatic carbocycles. The molecule has 3 rings (SSSR count). The number of aromatic nitrogens is 3. The van der Waals surface area contributed by atoms with Crippen LogP contribution in [0.4, 0.5) is 10.6 Å². The monoisotopic (exact) mass is 291 g/mol. The topological polar surface area (TPSA) is 94.2 Å². The van der Waals surface area contributed by atoms with Gasteiger partial charge in [0.15, 0.2) is 5.82 Å². The average molecular weight is 291 g/mol. The molecule has 112 valence electrons. The van der Waals surface area contributed by atoms with Crippen molar-refractivity contribution in [1.82, 2.24) is 20.3 Å². The van der Waals surface area contributed by atoms with Crippen LogP contribution in [0.3, 0.4) is 0 Å². The number of anilines is 1. The molecule has 0 aromatic carbocycles. The number of carbonyl (C=O) groups excluding carboxylic acids is 1. The van der Waals surface area contributed by atoms with E-state index in [2.05, 4.69) is 20.9 Å². The van der Waals surface area contributed by atoms with Gasteiger partial charge in [-0.05, 0) is 13.3 Å². The molecule has 0 spiro atoms.